The molecule has 0 saturated heterocycles. The van der Waals surface area contributed by atoms with Gasteiger partial charge in [0.05, 0.1) is 12.8 Å². The molecule has 0 aliphatic rings. The highest BCUT2D eigenvalue weighted by Crippen LogP contribution is 2.25. The zero-order valence-electron chi connectivity index (χ0n) is 10.7. The van der Waals surface area contributed by atoms with Gasteiger partial charge in [0.15, 0.2) is 0 Å². The second kappa shape index (κ2) is 7.27. The van der Waals surface area contributed by atoms with Crippen LogP contribution in [0.3, 0.4) is 0 Å². The maximum Gasteiger partial charge on any atom is 0.306 e. The summed E-state index contributed by atoms with van der Waals surface area (Å²) in [4.78, 5) is 21.7. The molecule has 0 bridgehead atoms. The first-order valence-electron chi connectivity index (χ1n) is 6.03. The van der Waals surface area contributed by atoms with Gasteiger partial charge in [0, 0.05) is 0 Å². The molecule has 1 unspecified atom stereocenters. The van der Waals surface area contributed by atoms with Crippen molar-refractivity contribution in [3.8, 4) is 0 Å². The summed E-state index contributed by atoms with van der Waals surface area (Å²) in [7, 11) is 0. The van der Waals surface area contributed by atoms with Gasteiger partial charge < -0.3 is 14.9 Å². The molecule has 0 heterocycles. The highest BCUT2D eigenvalue weighted by atomic mass is 16.6. The predicted molar refractivity (Wildman–Crippen MR) is 62.6 cm³/mol. The van der Waals surface area contributed by atoms with E-state index in [9.17, 15) is 14.7 Å². The molecule has 0 spiro atoms. The van der Waals surface area contributed by atoms with E-state index in [2.05, 4.69) is 0 Å². The molecule has 0 amide bonds. The molecule has 0 aliphatic heterocycles. The summed E-state index contributed by atoms with van der Waals surface area (Å²) in [5.41, 5.74) is -1.02. The molecule has 1 atom stereocenters. The van der Waals surface area contributed by atoms with E-state index in [0.717, 1.165) is 0 Å². The minimum Gasteiger partial charge on any atom is -0.481 e. The van der Waals surface area contributed by atoms with Crippen molar-refractivity contribution in [3.63, 3.8) is 0 Å². The number of rotatable bonds is 8. The van der Waals surface area contributed by atoms with E-state index in [4.69, 9.17) is 9.84 Å². The quantitative estimate of drug-likeness (QED) is 0.637. The number of ether oxygens (including phenoxy) is 1. The Hall–Kier alpha value is -1.10. The van der Waals surface area contributed by atoms with Crippen LogP contribution in [0.1, 0.15) is 52.9 Å². The van der Waals surface area contributed by atoms with E-state index in [1.165, 1.54) is 0 Å². The number of carbonyl (C=O) groups excluding carboxylic acids is 1. The van der Waals surface area contributed by atoms with Gasteiger partial charge in [-0.05, 0) is 19.3 Å². The standard InChI is InChI=1S/C12H22O5/c1-4-9(12(16,5-2)6-3)17-11(15)8-7-10(13)14/h9,16H,4-8H2,1-3H3,(H,13,14). The molecule has 0 aliphatic carbocycles. The normalized spacial score (nSPS) is 13.2. The average Bonchev–Trinajstić information content (AvgIpc) is 2.32. The van der Waals surface area contributed by atoms with Crippen LogP contribution in [0.4, 0.5) is 0 Å². The van der Waals surface area contributed by atoms with Crippen molar-refractivity contribution in [3.05, 3.63) is 0 Å². The summed E-state index contributed by atoms with van der Waals surface area (Å²) in [6.07, 6.45) is 0.527. The van der Waals surface area contributed by atoms with E-state index in [0.29, 0.717) is 19.3 Å². The van der Waals surface area contributed by atoms with E-state index in [-0.39, 0.29) is 12.8 Å². The number of carbonyl (C=O) groups is 2. The Kier molecular flexibility index (Phi) is 6.80. The van der Waals surface area contributed by atoms with Crippen molar-refractivity contribution in [2.24, 2.45) is 0 Å². The first-order valence-corrected chi connectivity index (χ1v) is 6.03. The molecule has 5 heteroatoms. The fourth-order valence-electron chi connectivity index (χ4n) is 1.70. The van der Waals surface area contributed by atoms with E-state index in [1.54, 1.807) is 0 Å². The zero-order valence-corrected chi connectivity index (χ0v) is 10.7. The third-order valence-electron chi connectivity index (χ3n) is 3.01. The van der Waals surface area contributed by atoms with Gasteiger partial charge in [-0.3, -0.25) is 9.59 Å². The lowest BCUT2D eigenvalue weighted by Crippen LogP contribution is -2.43. The molecule has 0 saturated carbocycles. The van der Waals surface area contributed by atoms with E-state index >= 15 is 0 Å². The summed E-state index contributed by atoms with van der Waals surface area (Å²) >= 11 is 0. The zero-order chi connectivity index (χ0) is 13.5. The fraction of sp³-hybridized carbons (Fsp3) is 0.833. The first kappa shape index (κ1) is 15.9. The van der Waals surface area contributed by atoms with Gasteiger partial charge in [0.2, 0.25) is 0 Å². The minimum atomic E-state index is -1.03. The summed E-state index contributed by atoms with van der Waals surface area (Å²) in [5.74, 6) is -1.60. The van der Waals surface area contributed by atoms with Gasteiger partial charge in [0.1, 0.15) is 11.7 Å². The molecule has 0 rings (SSSR count). The molecule has 100 valence electrons. The van der Waals surface area contributed by atoms with E-state index in [1.807, 2.05) is 20.8 Å². The van der Waals surface area contributed by atoms with Crippen LogP contribution in [-0.2, 0) is 14.3 Å². The third-order valence-corrected chi connectivity index (χ3v) is 3.01. The largest absolute Gasteiger partial charge is 0.481 e. The molecule has 17 heavy (non-hydrogen) atoms. The molecule has 0 aromatic rings. The molecule has 0 radical (unpaired) electrons. The van der Waals surface area contributed by atoms with Crippen LogP contribution in [0.2, 0.25) is 0 Å². The van der Waals surface area contributed by atoms with Gasteiger partial charge in [-0.1, -0.05) is 20.8 Å². The van der Waals surface area contributed by atoms with Crippen molar-refractivity contribution in [2.45, 2.75) is 64.6 Å². The first-order chi connectivity index (χ1) is 7.89. The predicted octanol–water partition coefficient (Wildman–Crippen LogP) is 1.72. The minimum absolute atomic E-state index is 0.157. The molecule has 2 N–H and O–H groups in total. The number of carboxylic acids is 1. The lowest BCUT2D eigenvalue weighted by atomic mass is 9.89. The second-order valence-electron chi connectivity index (χ2n) is 4.09. The molecule has 0 fully saturated rings. The second-order valence-corrected chi connectivity index (χ2v) is 4.09. The van der Waals surface area contributed by atoms with Gasteiger partial charge in [-0.2, -0.15) is 0 Å². The number of hydrogen-bond donors (Lipinski definition) is 2. The van der Waals surface area contributed by atoms with Gasteiger partial charge in [-0.25, -0.2) is 0 Å². The average molecular weight is 246 g/mol. The van der Waals surface area contributed by atoms with Crippen LogP contribution >= 0.6 is 0 Å². The Morgan fingerprint density at radius 2 is 1.71 bits per heavy atom. The molecular formula is C12H22O5. The number of esters is 1. The lowest BCUT2D eigenvalue weighted by molar-refractivity contribution is -0.168. The Morgan fingerprint density at radius 1 is 1.18 bits per heavy atom. The fourth-order valence-corrected chi connectivity index (χ4v) is 1.70. The van der Waals surface area contributed by atoms with Crippen LogP contribution in [0.5, 0.6) is 0 Å². The third kappa shape index (κ3) is 5.17. The van der Waals surface area contributed by atoms with Crippen molar-refractivity contribution in [2.75, 3.05) is 0 Å². The van der Waals surface area contributed by atoms with Crippen molar-refractivity contribution in [1.29, 1.82) is 0 Å². The number of aliphatic carboxylic acids is 1. The van der Waals surface area contributed by atoms with E-state index < -0.39 is 23.6 Å². The SMILES string of the molecule is CCC(OC(=O)CCC(=O)O)C(O)(CC)CC. The number of aliphatic hydroxyl groups is 1. The molecular weight excluding hydrogens is 224 g/mol. The summed E-state index contributed by atoms with van der Waals surface area (Å²) in [6, 6.07) is 0. The highest BCUT2D eigenvalue weighted by Gasteiger charge is 2.34. The topological polar surface area (TPSA) is 83.8 Å². The highest BCUT2D eigenvalue weighted by molar-refractivity contribution is 5.76. The van der Waals surface area contributed by atoms with Gasteiger partial charge >= 0.3 is 11.9 Å². The number of carboxylic acid groups (broad SMARTS) is 1. The van der Waals surface area contributed by atoms with Gasteiger partial charge in [-0.15, -0.1) is 0 Å². The summed E-state index contributed by atoms with van der Waals surface area (Å²) < 4.78 is 5.14. The Morgan fingerprint density at radius 3 is 2.06 bits per heavy atom. The monoisotopic (exact) mass is 246 g/mol. The summed E-state index contributed by atoms with van der Waals surface area (Å²) in [5, 5.41) is 18.7. The van der Waals surface area contributed by atoms with Crippen LogP contribution in [-0.4, -0.2) is 33.9 Å². The van der Waals surface area contributed by atoms with Crippen molar-refractivity contribution >= 4 is 11.9 Å². The van der Waals surface area contributed by atoms with Crippen LogP contribution in [0.25, 0.3) is 0 Å². The number of hydrogen-bond acceptors (Lipinski definition) is 4. The Balaban J connectivity index is 4.39. The smallest absolute Gasteiger partial charge is 0.306 e. The van der Waals surface area contributed by atoms with Gasteiger partial charge in [0.25, 0.3) is 0 Å². The van der Waals surface area contributed by atoms with Crippen LogP contribution in [0, 0.1) is 0 Å². The molecule has 0 aromatic heterocycles. The van der Waals surface area contributed by atoms with Crippen LogP contribution in [0.15, 0.2) is 0 Å². The Bertz CT molecular complexity index is 258. The maximum atomic E-state index is 11.4. The molecule has 0 aromatic carbocycles. The Labute approximate surface area is 102 Å². The molecule has 5 nitrogen and oxygen atoms in total. The van der Waals surface area contributed by atoms with Crippen molar-refractivity contribution < 1.29 is 24.5 Å². The lowest BCUT2D eigenvalue weighted by Gasteiger charge is -2.33. The maximum absolute atomic E-state index is 11.4. The van der Waals surface area contributed by atoms with Crippen LogP contribution < -0.4 is 0 Å². The summed E-state index contributed by atoms with van der Waals surface area (Å²) in [6.45, 7) is 5.49. The van der Waals surface area contributed by atoms with Crippen molar-refractivity contribution in [1.82, 2.24) is 0 Å².